The van der Waals surface area contributed by atoms with E-state index in [9.17, 15) is 23.3 Å². The number of anilines is 1. The second-order valence-electron chi connectivity index (χ2n) is 12.2. The molecule has 2 heterocycles. The number of carbonyl (C=O) groups is 1. The minimum absolute atomic E-state index is 0.0350. The van der Waals surface area contributed by atoms with Crippen LogP contribution in [0.5, 0.6) is 0 Å². The number of nitriles is 1. The first-order valence-corrected chi connectivity index (χ1v) is 17.6. The van der Waals surface area contributed by atoms with E-state index in [1.54, 1.807) is 43.3 Å². The quantitative estimate of drug-likeness (QED) is 0.291. The summed E-state index contributed by atoms with van der Waals surface area (Å²) < 4.78 is 29.8. The number of sulfonamides is 1. The summed E-state index contributed by atoms with van der Waals surface area (Å²) in [5.74, 6) is -0.772. The second kappa shape index (κ2) is 13.4. The number of rotatable bonds is 6. The summed E-state index contributed by atoms with van der Waals surface area (Å²) in [4.78, 5) is 27.7. The lowest BCUT2D eigenvalue weighted by Crippen LogP contribution is -2.35. The average Bonchev–Trinajstić information content (AvgIpc) is 3.33. The molecule has 11 heteroatoms. The van der Waals surface area contributed by atoms with Crippen molar-refractivity contribution in [2.75, 3.05) is 18.4 Å². The van der Waals surface area contributed by atoms with Gasteiger partial charge < -0.3 is 5.32 Å². The molecule has 1 aliphatic rings. The molecule has 0 atom stereocenters. The molecule has 0 saturated carbocycles. The highest BCUT2D eigenvalue weighted by Gasteiger charge is 2.26. The number of piperidine rings is 1. The molecule has 1 aliphatic heterocycles. The van der Waals surface area contributed by atoms with Crippen molar-refractivity contribution in [3.8, 4) is 11.8 Å². The Morgan fingerprint density at radius 3 is 2.35 bits per heavy atom. The topological polar surface area (TPSA) is 112 Å². The van der Waals surface area contributed by atoms with E-state index in [-0.39, 0.29) is 26.2 Å². The van der Waals surface area contributed by atoms with Gasteiger partial charge in [-0.05, 0) is 78.3 Å². The van der Waals surface area contributed by atoms with Crippen LogP contribution in [0.1, 0.15) is 56.7 Å². The molecule has 4 aromatic rings. The van der Waals surface area contributed by atoms with E-state index in [2.05, 4.69) is 26.1 Å². The maximum atomic E-state index is 14.0. The predicted octanol–water partition coefficient (Wildman–Crippen LogP) is 5.47. The molecule has 8 nitrogen and oxygen atoms in total. The minimum atomic E-state index is -3.74. The molecule has 0 spiro atoms. The number of amides is 1. The summed E-state index contributed by atoms with van der Waals surface area (Å²) in [6.45, 7) is 9.03. The lowest BCUT2D eigenvalue weighted by Gasteiger charge is -2.26. The zero-order chi connectivity index (χ0) is 33.2. The first kappa shape index (κ1) is 33.4. The van der Waals surface area contributed by atoms with Crippen LogP contribution < -0.4 is 20.1 Å². The van der Waals surface area contributed by atoms with Crippen molar-refractivity contribution in [1.82, 2.24) is 8.87 Å². The Morgan fingerprint density at radius 2 is 1.70 bits per heavy atom. The van der Waals surface area contributed by atoms with Gasteiger partial charge >= 0.3 is 0 Å². The van der Waals surface area contributed by atoms with Gasteiger partial charge in [0.15, 0.2) is 5.57 Å². The Hall–Kier alpha value is -4.01. The highest BCUT2D eigenvalue weighted by Crippen LogP contribution is 2.25. The van der Waals surface area contributed by atoms with Crippen molar-refractivity contribution in [2.45, 2.75) is 57.3 Å². The highest BCUT2D eigenvalue weighted by molar-refractivity contribution is 7.89. The number of halogens is 1. The Bertz CT molecular complexity index is 2130. The zero-order valence-corrected chi connectivity index (χ0v) is 28.5. The van der Waals surface area contributed by atoms with Crippen LogP contribution in [0.25, 0.3) is 17.3 Å². The number of carbonyl (C=O) groups excluding carboxylic acids is 1. The fraction of sp³-hybridized carbons (Fsp3) is 0.286. The van der Waals surface area contributed by atoms with Gasteiger partial charge in [-0.25, -0.2) is 8.42 Å². The fourth-order valence-electron chi connectivity index (χ4n) is 5.32. The Labute approximate surface area is 277 Å². The van der Waals surface area contributed by atoms with Crippen molar-refractivity contribution < 1.29 is 13.2 Å². The predicted molar refractivity (Wildman–Crippen MR) is 184 cm³/mol. The zero-order valence-electron chi connectivity index (χ0n) is 26.1. The minimum Gasteiger partial charge on any atom is -0.321 e. The molecule has 1 fully saturated rings. The molecular formula is C35H35ClN4O4S2. The van der Waals surface area contributed by atoms with Crippen LogP contribution in [0.2, 0.25) is 5.02 Å². The normalized spacial score (nSPS) is 15.3. The van der Waals surface area contributed by atoms with Crippen molar-refractivity contribution >= 4 is 56.2 Å². The SMILES string of the molecule is Cc1c(Cl)cccc1-n1c(=C(C#N)C(=O)Nc2cccc(S(=O)(=O)N3CCCCC3)c2)sc(=Cc2ccc(C(C)(C)C)cc2)c1=O. The van der Waals surface area contributed by atoms with E-state index in [1.165, 1.54) is 21.0 Å². The van der Waals surface area contributed by atoms with Crippen molar-refractivity contribution in [3.05, 3.63) is 108 Å². The van der Waals surface area contributed by atoms with E-state index >= 15 is 0 Å². The van der Waals surface area contributed by atoms with Gasteiger partial charge in [-0.2, -0.15) is 9.57 Å². The number of aromatic nitrogens is 1. The third kappa shape index (κ3) is 6.88. The number of hydrogen-bond donors (Lipinski definition) is 1. The first-order valence-electron chi connectivity index (χ1n) is 15.0. The third-order valence-corrected chi connectivity index (χ3v) is 11.4. The molecule has 238 valence electrons. The lowest BCUT2D eigenvalue weighted by atomic mass is 9.87. The summed E-state index contributed by atoms with van der Waals surface area (Å²) >= 11 is 7.45. The first-order chi connectivity index (χ1) is 21.8. The maximum Gasteiger partial charge on any atom is 0.273 e. The van der Waals surface area contributed by atoms with Gasteiger partial charge in [0, 0.05) is 23.8 Å². The van der Waals surface area contributed by atoms with E-state index in [1.807, 2.05) is 30.3 Å². The highest BCUT2D eigenvalue weighted by atomic mass is 35.5. The number of thiazole rings is 1. The van der Waals surface area contributed by atoms with Crippen LogP contribution in [0.15, 0.2) is 76.4 Å². The Kier molecular flexibility index (Phi) is 9.70. The monoisotopic (exact) mass is 674 g/mol. The molecule has 46 heavy (non-hydrogen) atoms. The molecule has 0 bridgehead atoms. The van der Waals surface area contributed by atoms with E-state index in [4.69, 9.17) is 11.6 Å². The van der Waals surface area contributed by atoms with Crippen LogP contribution in [0.3, 0.4) is 0 Å². The summed E-state index contributed by atoms with van der Waals surface area (Å²) in [5.41, 5.74) is 2.48. The average molecular weight is 675 g/mol. The summed E-state index contributed by atoms with van der Waals surface area (Å²) in [7, 11) is -3.74. The van der Waals surface area contributed by atoms with Crippen LogP contribution in [-0.4, -0.2) is 36.3 Å². The molecule has 0 aliphatic carbocycles. The van der Waals surface area contributed by atoms with Crippen LogP contribution in [0.4, 0.5) is 5.69 Å². The molecule has 0 radical (unpaired) electrons. The van der Waals surface area contributed by atoms with Crippen LogP contribution >= 0.6 is 22.9 Å². The van der Waals surface area contributed by atoms with Gasteiger partial charge in [0.25, 0.3) is 11.5 Å². The molecule has 1 aromatic heterocycles. The number of nitrogens with zero attached hydrogens (tertiary/aromatic N) is 3. The van der Waals surface area contributed by atoms with E-state index in [0.717, 1.165) is 41.7 Å². The number of nitrogens with one attached hydrogen (secondary N) is 1. The summed E-state index contributed by atoms with van der Waals surface area (Å²) in [5, 5.41) is 13.4. The molecule has 0 unspecified atom stereocenters. The fourth-order valence-corrected chi connectivity index (χ4v) is 8.14. The molecule has 5 rings (SSSR count). The van der Waals surface area contributed by atoms with Gasteiger partial charge in [0.2, 0.25) is 10.0 Å². The molecule has 1 N–H and O–H groups in total. The number of benzene rings is 3. The lowest BCUT2D eigenvalue weighted by molar-refractivity contribution is -0.111. The molecule has 3 aromatic carbocycles. The number of hydrogen-bond acceptors (Lipinski definition) is 6. The van der Waals surface area contributed by atoms with Gasteiger partial charge in [-0.1, -0.05) is 75.2 Å². The molecule has 1 saturated heterocycles. The van der Waals surface area contributed by atoms with Gasteiger partial charge in [-0.3, -0.25) is 14.2 Å². The maximum absolute atomic E-state index is 14.0. The molecular weight excluding hydrogens is 640 g/mol. The largest absolute Gasteiger partial charge is 0.321 e. The van der Waals surface area contributed by atoms with Gasteiger partial charge in [-0.15, -0.1) is 11.3 Å². The third-order valence-electron chi connectivity index (χ3n) is 7.98. The van der Waals surface area contributed by atoms with Crippen LogP contribution in [0, 0.1) is 18.3 Å². The Balaban J connectivity index is 1.62. The van der Waals surface area contributed by atoms with Crippen molar-refractivity contribution in [2.24, 2.45) is 0 Å². The smallest absolute Gasteiger partial charge is 0.273 e. The second-order valence-corrected chi connectivity index (χ2v) is 15.6. The van der Waals surface area contributed by atoms with Gasteiger partial charge in [0.05, 0.1) is 15.1 Å². The van der Waals surface area contributed by atoms with Gasteiger partial charge in [0.1, 0.15) is 10.7 Å². The Morgan fingerprint density at radius 1 is 1.02 bits per heavy atom. The van der Waals surface area contributed by atoms with Crippen molar-refractivity contribution in [3.63, 3.8) is 0 Å². The van der Waals surface area contributed by atoms with E-state index < -0.39 is 21.5 Å². The van der Waals surface area contributed by atoms with Crippen molar-refractivity contribution in [1.29, 1.82) is 5.26 Å². The summed E-state index contributed by atoms with van der Waals surface area (Å²) in [6, 6.07) is 21.0. The van der Waals surface area contributed by atoms with E-state index in [0.29, 0.717) is 33.9 Å². The molecule has 1 amide bonds. The standard InChI is InChI=1S/C35H35ClN4O4S2/c1-23-29(36)12-9-13-30(23)40-33(42)31(20-24-14-16-25(17-15-24)35(2,3)4)45-34(40)28(22-37)32(41)38-26-10-8-11-27(21-26)46(43,44)39-18-6-5-7-19-39/h8-17,20-21H,5-7,18-19H2,1-4H3,(H,38,41). The van der Waals surface area contributed by atoms with Crippen LogP contribution in [-0.2, 0) is 20.2 Å². The summed E-state index contributed by atoms with van der Waals surface area (Å²) in [6.07, 6.45) is 4.32.